The molecule has 1 unspecified atom stereocenters. The highest BCUT2D eigenvalue weighted by molar-refractivity contribution is 4.92. The zero-order valence-electron chi connectivity index (χ0n) is 9.94. The van der Waals surface area contributed by atoms with Gasteiger partial charge in [-0.1, -0.05) is 19.8 Å². The van der Waals surface area contributed by atoms with Gasteiger partial charge in [0.2, 0.25) is 0 Å². The van der Waals surface area contributed by atoms with Gasteiger partial charge in [-0.15, -0.1) is 0 Å². The van der Waals surface area contributed by atoms with Gasteiger partial charge >= 0.3 is 0 Å². The van der Waals surface area contributed by atoms with Gasteiger partial charge in [-0.2, -0.15) is 0 Å². The van der Waals surface area contributed by atoms with Crippen molar-refractivity contribution in [3.05, 3.63) is 0 Å². The molecule has 1 rings (SSSR count). The summed E-state index contributed by atoms with van der Waals surface area (Å²) in [6.45, 7) is 2.25. The Morgan fingerprint density at radius 1 is 1.43 bits per heavy atom. The fourth-order valence-corrected chi connectivity index (χ4v) is 2.31. The molecule has 1 N–H and O–H groups in total. The molecule has 84 valence electrons. The molecule has 0 spiro atoms. The van der Waals surface area contributed by atoms with Crippen molar-refractivity contribution in [3.63, 3.8) is 0 Å². The second kappa shape index (κ2) is 5.72. The van der Waals surface area contributed by atoms with E-state index in [0.29, 0.717) is 6.04 Å². The van der Waals surface area contributed by atoms with Crippen LogP contribution in [0.15, 0.2) is 0 Å². The standard InChI is InChI=1S/C12H25NO/c1-4-5-7-11(13-2)10-12(14-3)8-6-9-12/h11,13H,4-10H2,1-3H3. The number of nitrogens with one attached hydrogen (secondary N) is 1. The molecule has 1 aliphatic carbocycles. The molecule has 0 heterocycles. The highest BCUT2D eigenvalue weighted by Crippen LogP contribution is 2.39. The van der Waals surface area contributed by atoms with E-state index in [4.69, 9.17) is 4.74 Å². The molecule has 1 fully saturated rings. The quantitative estimate of drug-likeness (QED) is 0.680. The minimum absolute atomic E-state index is 0.224. The van der Waals surface area contributed by atoms with Crippen LogP contribution in [0.1, 0.15) is 51.9 Å². The smallest absolute Gasteiger partial charge is 0.0693 e. The van der Waals surface area contributed by atoms with Crippen LogP contribution in [-0.4, -0.2) is 25.8 Å². The normalized spacial score (nSPS) is 21.6. The Labute approximate surface area is 88.4 Å². The Morgan fingerprint density at radius 2 is 2.14 bits per heavy atom. The van der Waals surface area contributed by atoms with Crippen molar-refractivity contribution in [1.82, 2.24) is 5.32 Å². The van der Waals surface area contributed by atoms with Crippen LogP contribution < -0.4 is 5.32 Å². The van der Waals surface area contributed by atoms with Gasteiger partial charge in [0.05, 0.1) is 5.60 Å². The lowest BCUT2D eigenvalue weighted by Crippen LogP contribution is -2.45. The number of methoxy groups -OCH3 is 1. The van der Waals surface area contributed by atoms with Crippen molar-refractivity contribution in [2.75, 3.05) is 14.2 Å². The highest BCUT2D eigenvalue weighted by Gasteiger charge is 2.38. The second-order valence-corrected chi connectivity index (χ2v) is 4.57. The van der Waals surface area contributed by atoms with Gasteiger partial charge in [0, 0.05) is 13.2 Å². The third-order valence-electron chi connectivity index (χ3n) is 3.63. The predicted octanol–water partition coefficient (Wildman–Crippen LogP) is 2.72. The lowest BCUT2D eigenvalue weighted by molar-refractivity contribution is -0.0835. The molecule has 0 saturated heterocycles. The van der Waals surface area contributed by atoms with Crippen molar-refractivity contribution in [3.8, 4) is 0 Å². The van der Waals surface area contributed by atoms with Crippen LogP contribution in [-0.2, 0) is 4.74 Å². The second-order valence-electron chi connectivity index (χ2n) is 4.57. The minimum Gasteiger partial charge on any atom is -0.378 e. The topological polar surface area (TPSA) is 21.3 Å². The molecule has 2 heteroatoms. The monoisotopic (exact) mass is 199 g/mol. The van der Waals surface area contributed by atoms with Gasteiger partial charge in [-0.25, -0.2) is 0 Å². The molecule has 1 saturated carbocycles. The summed E-state index contributed by atoms with van der Waals surface area (Å²) >= 11 is 0. The van der Waals surface area contributed by atoms with Crippen molar-refractivity contribution in [1.29, 1.82) is 0 Å². The van der Waals surface area contributed by atoms with E-state index >= 15 is 0 Å². The van der Waals surface area contributed by atoms with Crippen molar-refractivity contribution in [2.45, 2.75) is 63.5 Å². The fourth-order valence-electron chi connectivity index (χ4n) is 2.31. The third kappa shape index (κ3) is 2.96. The summed E-state index contributed by atoms with van der Waals surface area (Å²) in [4.78, 5) is 0. The van der Waals surface area contributed by atoms with Crippen molar-refractivity contribution in [2.24, 2.45) is 0 Å². The van der Waals surface area contributed by atoms with Crippen LogP contribution >= 0.6 is 0 Å². The van der Waals surface area contributed by atoms with E-state index in [1.54, 1.807) is 0 Å². The Hall–Kier alpha value is -0.0800. The first-order chi connectivity index (χ1) is 6.76. The number of rotatable bonds is 7. The zero-order valence-corrected chi connectivity index (χ0v) is 9.94. The first-order valence-corrected chi connectivity index (χ1v) is 5.99. The first kappa shape index (κ1) is 12.0. The van der Waals surface area contributed by atoms with E-state index in [9.17, 15) is 0 Å². The van der Waals surface area contributed by atoms with Gasteiger partial charge in [-0.3, -0.25) is 0 Å². The lowest BCUT2D eigenvalue weighted by atomic mass is 9.75. The van der Waals surface area contributed by atoms with Crippen LogP contribution in [0.2, 0.25) is 0 Å². The highest BCUT2D eigenvalue weighted by atomic mass is 16.5. The Bertz CT molecular complexity index is 149. The maximum absolute atomic E-state index is 5.65. The number of ether oxygens (including phenoxy) is 1. The van der Waals surface area contributed by atoms with Gasteiger partial charge in [-0.05, 0) is 39.2 Å². The molecular formula is C12H25NO. The molecule has 0 aromatic heterocycles. The molecule has 2 nitrogen and oxygen atoms in total. The molecule has 0 bridgehead atoms. The number of unbranched alkanes of at least 4 members (excludes halogenated alkanes) is 1. The summed E-state index contributed by atoms with van der Waals surface area (Å²) in [5, 5.41) is 3.42. The summed E-state index contributed by atoms with van der Waals surface area (Å²) in [5.74, 6) is 0. The first-order valence-electron chi connectivity index (χ1n) is 5.99. The molecule has 1 aliphatic rings. The van der Waals surface area contributed by atoms with Crippen LogP contribution in [0, 0.1) is 0 Å². The fraction of sp³-hybridized carbons (Fsp3) is 1.00. The van der Waals surface area contributed by atoms with E-state index in [0.717, 1.165) is 0 Å². The Kier molecular flexibility index (Phi) is 4.90. The number of hydrogen-bond donors (Lipinski definition) is 1. The van der Waals surface area contributed by atoms with E-state index in [1.807, 2.05) is 7.11 Å². The zero-order chi connectivity index (χ0) is 10.4. The average Bonchev–Trinajstić information content (AvgIpc) is 2.16. The molecule has 0 amide bonds. The average molecular weight is 199 g/mol. The van der Waals surface area contributed by atoms with Crippen LogP contribution in [0.25, 0.3) is 0 Å². The maximum Gasteiger partial charge on any atom is 0.0693 e. The van der Waals surface area contributed by atoms with E-state index in [1.165, 1.54) is 44.9 Å². The van der Waals surface area contributed by atoms with E-state index in [2.05, 4.69) is 19.3 Å². The lowest BCUT2D eigenvalue weighted by Gasteiger charge is -2.42. The van der Waals surface area contributed by atoms with E-state index in [-0.39, 0.29) is 5.60 Å². The minimum atomic E-state index is 0.224. The van der Waals surface area contributed by atoms with Crippen LogP contribution in [0.4, 0.5) is 0 Å². The summed E-state index contributed by atoms with van der Waals surface area (Å²) in [7, 11) is 3.94. The van der Waals surface area contributed by atoms with Crippen molar-refractivity contribution < 1.29 is 4.74 Å². The van der Waals surface area contributed by atoms with Gasteiger partial charge in [0.1, 0.15) is 0 Å². The Morgan fingerprint density at radius 3 is 2.50 bits per heavy atom. The molecule has 0 aliphatic heterocycles. The van der Waals surface area contributed by atoms with Gasteiger partial charge in [0.25, 0.3) is 0 Å². The predicted molar refractivity (Wildman–Crippen MR) is 60.6 cm³/mol. The SMILES string of the molecule is CCCCC(CC1(OC)CCC1)NC. The molecule has 0 aromatic carbocycles. The molecule has 1 atom stereocenters. The summed E-state index contributed by atoms with van der Waals surface area (Å²) < 4.78 is 5.65. The molecule has 14 heavy (non-hydrogen) atoms. The van der Waals surface area contributed by atoms with Crippen molar-refractivity contribution >= 4 is 0 Å². The van der Waals surface area contributed by atoms with Crippen LogP contribution in [0.5, 0.6) is 0 Å². The summed E-state index contributed by atoms with van der Waals surface area (Å²) in [6, 6.07) is 0.648. The van der Waals surface area contributed by atoms with Gasteiger partial charge < -0.3 is 10.1 Å². The summed E-state index contributed by atoms with van der Waals surface area (Å²) in [6.07, 6.45) is 8.96. The van der Waals surface area contributed by atoms with Gasteiger partial charge in [0.15, 0.2) is 0 Å². The molecule has 0 aromatic rings. The van der Waals surface area contributed by atoms with Crippen LogP contribution in [0.3, 0.4) is 0 Å². The van der Waals surface area contributed by atoms with E-state index < -0.39 is 0 Å². The summed E-state index contributed by atoms with van der Waals surface area (Å²) in [5.41, 5.74) is 0.224. The molecular weight excluding hydrogens is 174 g/mol. The third-order valence-corrected chi connectivity index (χ3v) is 3.63. The molecule has 0 radical (unpaired) electrons. The maximum atomic E-state index is 5.65. The largest absolute Gasteiger partial charge is 0.378 e. The number of hydrogen-bond acceptors (Lipinski definition) is 2. The Balaban J connectivity index is 2.30.